The summed E-state index contributed by atoms with van der Waals surface area (Å²) in [6, 6.07) is 17.6. The zero-order valence-electron chi connectivity index (χ0n) is 16.6. The molecule has 3 aromatic carbocycles. The van der Waals surface area contributed by atoms with E-state index < -0.39 is 23.0 Å². The van der Waals surface area contributed by atoms with Gasteiger partial charge in [0.15, 0.2) is 23.0 Å². The van der Waals surface area contributed by atoms with Gasteiger partial charge in [0, 0.05) is 6.07 Å². The molecule has 0 aliphatic carbocycles. The second kappa shape index (κ2) is 8.74. The molecule has 29 heavy (non-hydrogen) atoms. The first kappa shape index (κ1) is 20.3. The van der Waals surface area contributed by atoms with Crippen LogP contribution in [0.4, 0.5) is 0 Å². The highest BCUT2D eigenvalue weighted by Gasteiger charge is 2.14. The third-order valence-corrected chi connectivity index (χ3v) is 5.01. The highest BCUT2D eigenvalue weighted by Crippen LogP contribution is 2.42. The summed E-state index contributed by atoms with van der Waals surface area (Å²) >= 11 is 0. The first-order valence-corrected chi connectivity index (χ1v) is 9.68. The quantitative estimate of drug-likeness (QED) is 0.251. The lowest BCUT2D eigenvalue weighted by molar-refractivity contribution is 0.371. The van der Waals surface area contributed by atoms with Crippen LogP contribution in [-0.4, -0.2) is 20.4 Å². The zero-order valence-corrected chi connectivity index (χ0v) is 16.6. The molecular weight excluding hydrogens is 364 g/mol. The Labute approximate surface area is 171 Å². The van der Waals surface area contributed by atoms with Crippen LogP contribution in [0.1, 0.15) is 47.6 Å². The van der Waals surface area contributed by atoms with Gasteiger partial charge in [-0.2, -0.15) is 0 Å². The van der Waals surface area contributed by atoms with Crippen LogP contribution in [0.25, 0.3) is 12.2 Å². The van der Waals surface area contributed by atoms with Gasteiger partial charge < -0.3 is 20.4 Å². The van der Waals surface area contributed by atoms with Gasteiger partial charge in [0.05, 0.1) is 5.56 Å². The number of aryl methyl sites for hydroxylation is 2. The van der Waals surface area contributed by atoms with E-state index >= 15 is 0 Å². The molecule has 0 saturated carbocycles. The van der Waals surface area contributed by atoms with Crippen molar-refractivity contribution >= 4 is 12.2 Å². The number of rotatable bonds is 6. The van der Waals surface area contributed by atoms with Crippen molar-refractivity contribution < 1.29 is 20.4 Å². The van der Waals surface area contributed by atoms with Crippen LogP contribution in [0.2, 0.25) is 0 Å². The van der Waals surface area contributed by atoms with Gasteiger partial charge >= 0.3 is 0 Å². The third kappa shape index (κ3) is 4.91. The van der Waals surface area contributed by atoms with E-state index in [0.717, 1.165) is 24.5 Å². The minimum absolute atomic E-state index is 0.0295. The molecule has 0 fully saturated rings. The Morgan fingerprint density at radius 2 is 1.34 bits per heavy atom. The minimum atomic E-state index is -0.489. The Morgan fingerprint density at radius 1 is 0.724 bits per heavy atom. The number of phenolic OH excluding ortho intramolecular Hbond substituents is 4. The topological polar surface area (TPSA) is 80.9 Å². The van der Waals surface area contributed by atoms with Crippen molar-refractivity contribution in [1.82, 2.24) is 0 Å². The zero-order chi connectivity index (χ0) is 21.0. The van der Waals surface area contributed by atoms with E-state index in [1.54, 1.807) is 6.08 Å². The number of benzene rings is 3. The summed E-state index contributed by atoms with van der Waals surface area (Å²) in [6.07, 6.45) is 5.02. The largest absolute Gasteiger partial charge is 0.504 e. The third-order valence-electron chi connectivity index (χ3n) is 5.01. The van der Waals surface area contributed by atoms with Crippen molar-refractivity contribution in [3.8, 4) is 23.0 Å². The van der Waals surface area contributed by atoms with Crippen LogP contribution in [0.3, 0.4) is 0 Å². The average Bonchev–Trinajstić information content (AvgIpc) is 2.71. The van der Waals surface area contributed by atoms with Gasteiger partial charge in [-0.3, -0.25) is 0 Å². The monoisotopic (exact) mass is 390 g/mol. The molecule has 4 N–H and O–H groups in total. The number of hydrogen-bond donors (Lipinski definition) is 4. The van der Waals surface area contributed by atoms with Gasteiger partial charge in [-0.05, 0) is 47.1 Å². The number of aromatic hydroxyl groups is 4. The summed E-state index contributed by atoms with van der Waals surface area (Å²) in [5, 5.41) is 39.1. The average molecular weight is 390 g/mol. The van der Waals surface area contributed by atoms with Crippen LogP contribution in [0, 0.1) is 0 Å². The van der Waals surface area contributed by atoms with E-state index in [9.17, 15) is 20.4 Å². The van der Waals surface area contributed by atoms with Crippen LogP contribution in [-0.2, 0) is 12.8 Å². The van der Waals surface area contributed by atoms with E-state index in [0.29, 0.717) is 5.92 Å². The number of phenols is 4. The van der Waals surface area contributed by atoms with Crippen LogP contribution in [0.15, 0.2) is 54.6 Å². The molecule has 0 aromatic heterocycles. The van der Waals surface area contributed by atoms with Crippen molar-refractivity contribution in [3.05, 3.63) is 82.4 Å². The van der Waals surface area contributed by atoms with Gasteiger partial charge in [-0.1, -0.05) is 68.5 Å². The van der Waals surface area contributed by atoms with Crippen molar-refractivity contribution in [1.29, 1.82) is 0 Å². The fourth-order valence-electron chi connectivity index (χ4n) is 3.20. The van der Waals surface area contributed by atoms with Gasteiger partial charge in [0.2, 0.25) is 0 Å². The highest BCUT2D eigenvalue weighted by molar-refractivity contribution is 5.79. The molecule has 0 aliphatic rings. The van der Waals surface area contributed by atoms with E-state index in [1.807, 2.05) is 18.2 Å². The van der Waals surface area contributed by atoms with E-state index in [4.69, 9.17) is 0 Å². The molecule has 0 heterocycles. The summed E-state index contributed by atoms with van der Waals surface area (Å²) in [5.41, 5.74) is 4.66. The highest BCUT2D eigenvalue weighted by atomic mass is 16.3. The van der Waals surface area contributed by atoms with Gasteiger partial charge in [0.25, 0.3) is 0 Å². The first-order chi connectivity index (χ1) is 13.8. The second-order valence-corrected chi connectivity index (χ2v) is 7.50. The predicted octanol–water partition coefficient (Wildman–Crippen LogP) is 5.59. The van der Waals surface area contributed by atoms with Gasteiger partial charge in [0.1, 0.15) is 0 Å². The summed E-state index contributed by atoms with van der Waals surface area (Å²) in [6.45, 7) is 4.37. The van der Waals surface area contributed by atoms with Crippen molar-refractivity contribution in [2.24, 2.45) is 0 Å². The van der Waals surface area contributed by atoms with E-state index in [-0.39, 0.29) is 5.56 Å². The molecule has 0 spiro atoms. The molecule has 0 unspecified atom stereocenters. The molecule has 3 rings (SSSR count). The second-order valence-electron chi connectivity index (χ2n) is 7.50. The summed E-state index contributed by atoms with van der Waals surface area (Å²) in [4.78, 5) is 0. The predicted molar refractivity (Wildman–Crippen MR) is 116 cm³/mol. The summed E-state index contributed by atoms with van der Waals surface area (Å²) in [5.74, 6) is -1.40. The van der Waals surface area contributed by atoms with Crippen LogP contribution >= 0.6 is 0 Å². The maximum absolute atomic E-state index is 9.93. The molecule has 0 radical (unpaired) electrons. The lowest BCUT2D eigenvalue weighted by Crippen LogP contribution is -1.93. The molecule has 4 nitrogen and oxygen atoms in total. The van der Waals surface area contributed by atoms with E-state index in [1.165, 1.54) is 22.8 Å². The molecular formula is C25H26O4. The molecule has 4 heteroatoms. The normalized spacial score (nSPS) is 11.4. The van der Waals surface area contributed by atoms with Gasteiger partial charge in [-0.25, -0.2) is 0 Å². The van der Waals surface area contributed by atoms with Crippen molar-refractivity contribution in [3.63, 3.8) is 0 Å². The fraction of sp³-hybridized carbons (Fsp3) is 0.200. The lowest BCUT2D eigenvalue weighted by Gasteiger charge is -2.08. The van der Waals surface area contributed by atoms with Crippen LogP contribution in [0.5, 0.6) is 23.0 Å². The lowest BCUT2D eigenvalue weighted by atomic mass is 9.98. The Balaban J connectivity index is 1.72. The van der Waals surface area contributed by atoms with E-state index in [2.05, 4.69) is 44.2 Å². The summed E-state index contributed by atoms with van der Waals surface area (Å²) in [7, 11) is 0. The molecule has 3 aromatic rings. The Hall–Kier alpha value is -3.40. The maximum Gasteiger partial charge on any atom is 0.168 e. The van der Waals surface area contributed by atoms with Gasteiger partial charge in [-0.15, -0.1) is 0 Å². The molecule has 0 aliphatic heterocycles. The number of hydrogen-bond acceptors (Lipinski definition) is 4. The molecule has 0 saturated heterocycles. The molecule has 0 amide bonds. The first-order valence-electron chi connectivity index (χ1n) is 9.68. The smallest absolute Gasteiger partial charge is 0.168 e. The Kier molecular flexibility index (Phi) is 6.13. The van der Waals surface area contributed by atoms with Crippen LogP contribution < -0.4 is 0 Å². The fourth-order valence-corrected chi connectivity index (χ4v) is 3.20. The standard InChI is InChI=1S/C25H26O4/c1-16(2)20-11-8-17(9-12-20)6-7-18-4-3-5-19(14-18)10-13-21-24(28)22(26)15-23(27)25(21)29/h3-5,8-16,26-29H,6-7H2,1-2H3. The maximum atomic E-state index is 9.93. The van der Waals surface area contributed by atoms with Crippen molar-refractivity contribution in [2.75, 3.05) is 0 Å². The Bertz CT molecular complexity index is 991. The SMILES string of the molecule is CC(C)c1ccc(CCc2cccc(C=Cc3c(O)c(O)cc(O)c3O)c2)cc1. The molecule has 150 valence electrons. The molecule has 0 atom stereocenters. The minimum Gasteiger partial charge on any atom is -0.504 e. The Morgan fingerprint density at radius 3 is 1.97 bits per heavy atom. The molecule has 0 bridgehead atoms. The van der Waals surface area contributed by atoms with Crippen molar-refractivity contribution in [2.45, 2.75) is 32.6 Å². The summed E-state index contributed by atoms with van der Waals surface area (Å²) < 4.78 is 0.